The van der Waals surface area contributed by atoms with Crippen molar-refractivity contribution in [3.63, 3.8) is 0 Å². The van der Waals surface area contributed by atoms with Gasteiger partial charge in [0.05, 0.1) is 0 Å². The number of hydrogen-bond acceptors (Lipinski definition) is 0. The Bertz CT molecular complexity index is 230. The Morgan fingerprint density at radius 3 is 2.73 bits per heavy atom. The van der Waals surface area contributed by atoms with E-state index in [-0.39, 0.29) is 0 Å². The molecule has 0 aliphatic heterocycles. The molecule has 0 spiro atoms. The minimum Gasteiger partial charge on any atom is -0.0860 e. The predicted molar refractivity (Wildman–Crippen MR) is 61.7 cm³/mol. The van der Waals surface area contributed by atoms with Crippen LogP contribution in [0.3, 0.4) is 0 Å². The standard InChI is InChI=1S/C8H7BrClI/c9-7-2-1-3-8(10)6(7)4-5-11/h1-3H,4-5H2. The number of hydrogen-bond donors (Lipinski definition) is 0. The summed E-state index contributed by atoms with van der Waals surface area (Å²) in [6.45, 7) is 0. The Labute approximate surface area is 93.6 Å². The van der Waals surface area contributed by atoms with E-state index < -0.39 is 0 Å². The molecule has 0 atom stereocenters. The Kier molecular flexibility index (Phi) is 4.17. The molecule has 0 aromatic heterocycles. The van der Waals surface area contributed by atoms with Gasteiger partial charge in [0, 0.05) is 13.9 Å². The van der Waals surface area contributed by atoms with Gasteiger partial charge in [0.15, 0.2) is 0 Å². The largest absolute Gasteiger partial charge is 0.0860 e. The molecule has 0 aliphatic carbocycles. The third-order valence-corrected chi connectivity index (χ3v) is 3.04. The molecule has 0 radical (unpaired) electrons. The Morgan fingerprint density at radius 2 is 2.18 bits per heavy atom. The van der Waals surface area contributed by atoms with Gasteiger partial charge < -0.3 is 0 Å². The van der Waals surface area contributed by atoms with Crippen molar-refractivity contribution in [3.8, 4) is 0 Å². The van der Waals surface area contributed by atoms with Gasteiger partial charge in [-0.3, -0.25) is 0 Å². The maximum Gasteiger partial charge on any atom is 0.0449 e. The fraction of sp³-hybridized carbons (Fsp3) is 0.250. The maximum absolute atomic E-state index is 5.97. The zero-order chi connectivity index (χ0) is 8.27. The third-order valence-electron chi connectivity index (χ3n) is 1.41. The van der Waals surface area contributed by atoms with Crippen LogP contribution in [-0.2, 0) is 6.42 Å². The van der Waals surface area contributed by atoms with Gasteiger partial charge in [-0.1, -0.05) is 56.2 Å². The molecule has 1 aromatic carbocycles. The molecule has 0 bridgehead atoms. The van der Waals surface area contributed by atoms with E-state index in [1.807, 2.05) is 18.2 Å². The lowest BCUT2D eigenvalue weighted by atomic mass is 10.2. The maximum atomic E-state index is 5.97. The normalized spacial score (nSPS) is 10.1. The fourth-order valence-electron chi connectivity index (χ4n) is 0.866. The summed E-state index contributed by atoms with van der Waals surface area (Å²) in [7, 11) is 0. The molecule has 0 unspecified atom stereocenters. The zero-order valence-corrected chi connectivity index (χ0v) is 10.3. The second-order valence-corrected chi connectivity index (χ2v) is 4.48. The summed E-state index contributed by atoms with van der Waals surface area (Å²) < 4.78 is 2.21. The fourth-order valence-corrected chi connectivity index (χ4v) is 2.35. The smallest absolute Gasteiger partial charge is 0.0449 e. The predicted octanol–water partition coefficient (Wildman–Crippen LogP) is 4.08. The molecule has 1 rings (SSSR count). The number of halogens is 3. The summed E-state index contributed by atoms with van der Waals surface area (Å²) in [4.78, 5) is 0. The van der Waals surface area contributed by atoms with E-state index in [0.29, 0.717) is 0 Å². The summed E-state index contributed by atoms with van der Waals surface area (Å²) >= 11 is 11.8. The summed E-state index contributed by atoms with van der Waals surface area (Å²) in [5, 5.41) is 0.857. The van der Waals surface area contributed by atoms with Crippen molar-refractivity contribution in [1.82, 2.24) is 0 Å². The lowest BCUT2D eigenvalue weighted by molar-refractivity contribution is 1.17. The highest BCUT2D eigenvalue weighted by atomic mass is 127. The molecule has 0 saturated carbocycles. The van der Waals surface area contributed by atoms with Crippen LogP contribution in [0, 0.1) is 0 Å². The van der Waals surface area contributed by atoms with Crippen LogP contribution in [-0.4, -0.2) is 4.43 Å². The first-order chi connectivity index (χ1) is 5.25. The van der Waals surface area contributed by atoms with Crippen molar-refractivity contribution in [3.05, 3.63) is 33.3 Å². The van der Waals surface area contributed by atoms with E-state index in [1.165, 1.54) is 5.56 Å². The summed E-state index contributed by atoms with van der Waals surface area (Å²) in [6.07, 6.45) is 1.03. The van der Waals surface area contributed by atoms with Crippen LogP contribution in [0.2, 0.25) is 5.02 Å². The van der Waals surface area contributed by atoms with Gasteiger partial charge in [-0.25, -0.2) is 0 Å². The quantitative estimate of drug-likeness (QED) is 0.560. The van der Waals surface area contributed by atoms with Crippen LogP contribution in [0.4, 0.5) is 0 Å². The van der Waals surface area contributed by atoms with Crippen LogP contribution < -0.4 is 0 Å². The SMILES string of the molecule is Clc1cccc(Br)c1CCI. The van der Waals surface area contributed by atoms with Gasteiger partial charge in [0.25, 0.3) is 0 Å². The van der Waals surface area contributed by atoms with E-state index in [4.69, 9.17) is 11.6 Å². The van der Waals surface area contributed by atoms with Crippen molar-refractivity contribution in [1.29, 1.82) is 0 Å². The van der Waals surface area contributed by atoms with Gasteiger partial charge in [0.1, 0.15) is 0 Å². The molecule has 0 N–H and O–H groups in total. The van der Waals surface area contributed by atoms with Gasteiger partial charge in [-0.05, 0) is 24.1 Å². The van der Waals surface area contributed by atoms with Crippen molar-refractivity contribution in [2.45, 2.75) is 6.42 Å². The third kappa shape index (κ3) is 2.60. The topological polar surface area (TPSA) is 0 Å². The molecule has 60 valence electrons. The highest BCUT2D eigenvalue weighted by molar-refractivity contribution is 14.1. The number of benzene rings is 1. The highest BCUT2D eigenvalue weighted by Crippen LogP contribution is 2.25. The zero-order valence-electron chi connectivity index (χ0n) is 5.78. The number of rotatable bonds is 2. The van der Waals surface area contributed by atoms with Gasteiger partial charge in [-0.2, -0.15) is 0 Å². The molecule has 11 heavy (non-hydrogen) atoms. The van der Waals surface area contributed by atoms with E-state index in [1.54, 1.807) is 0 Å². The molecule has 0 aliphatic rings. The van der Waals surface area contributed by atoms with Gasteiger partial charge >= 0.3 is 0 Å². The monoisotopic (exact) mass is 344 g/mol. The van der Waals surface area contributed by atoms with Crippen molar-refractivity contribution in [2.24, 2.45) is 0 Å². The molecule has 3 heteroatoms. The van der Waals surface area contributed by atoms with Crippen molar-refractivity contribution < 1.29 is 0 Å². The van der Waals surface area contributed by atoms with E-state index in [9.17, 15) is 0 Å². The summed E-state index contributed by atoms with van der Waals surface area (Å²) in [6, 6.07) is 5.89. The van der Waals surface area contributed by atoms with E-state index in [0.717, 1.165) is 20.3 Å². The lowest BCUT2D eigenvalue weighted by Crippen LogP contribution is -1.88. The Balaban J connectivity index is 3.00. The Hall–Kier alpha value is 0.720. The van der Waals surface area contributed by atoms with Crippen molar-refractivity contribution >= 4 is 50.1 Å². The second kappa shape index (κ2) is 4.67. The minimum atomic E-state index is 0.857. The lowest BCUT2D eigenvalue weighted by Gasteiger charge is -2.03. The Morgan fingerprint density at radius 1 is 1.45 bits per heavy atom. The van der Waals surface area contributed by atoms with E-state index in [2.05, 4.69) is 38.5 Å². The van der Waals surface area contributed by atoms with Crippen LogP contribution in [0.1, 0.15) is 5.56 Å². The first-order valence-corrected chi connectivity index (χ1v) is 5.94. The first-order valence-electron chi connectivity index (χ1n) is 3.24. The second-order valence-electron chi connectivity index (χ2n) is 2.14. The first kappa shape index (κ1) is 9.81. The summed E-state index contributed by atoms with van der Waals surface area (Å²) in [5.74, 6) is 0. The molecule has 0 saturated heterocycles. The molecule has 0 amide bonds. The van der Waals surface area contributed by atoms with E-state index >= 15 is 0 Å². The molecular formula is C8H7BrClI. The minimum absolute atomic E-state index is 0.857. The van der Waals surface area contributed by atoms with Gasteiger partial charge in [0.2, 0.25) is 0 Å². The molecule has 0 nitrogen and oxygen atoms in total. The molecular weight excluding hydrogens is 338 g/mol. The number of alkyl halides is 1. The average molecular weight is 345 g/mol. The van der Waals surface area contributed by atoms with Gasteiger partial charge in [-0.15, -0.1) is 0 Å². The van der Waals surface area contributed by atoms with Crippen LogP contribution in [0.5, 0.6) is 0 Å². The molecule has 0 heterocycles. The summed E-state index contributed by atoms with van der Waals surface area (Å²) in [5.41, 5.74) is 1.21. The van der Waals surface area contributed by atoms with Crippen LogP contribution in [0.15, 0.2) is 22.7 Å². The van der Waals surface area contributed by atoms with Crippen LogP contribution >= 0.6 is 50.1 Å². The average Bonchev–Trinajstić information content (AvgIpc) is 1.97. The highest BCUT2D eigenvalue weighted by Gasteiger charge is 2.02. The van der Waals surface area contributed by atoms with Crippen molar-refractivity contribution in [2.75, 3.05) is 4.43 Å². The van der Waals surface area contributed by atoms with Crippen LogP contribution in [0.25, 0.3) is 0 Å². The molecule has 1 aromatic rings. The molecule has 0 fully saturated rings.